The van der Waals surface area contributed by atoms with Crippen LogP contribution in [0.3, 0.4) is 0 Å². The Bertz CT molecular complexity index is 1250. The van der Waals surface area contributed by atoms with Crippen LogP contribution in [0.5, 0.6) is 5.75 Å². The number of carbonyl (C=O) groups excluding carboxylic acids is 2. The van der Waals surface area contributed by atoms with Crippen molar-refractivity contribution in [3.05, 3.63) is 94.2 Å². The lowest BCUT2D eigenvalue weighted by atomic mass is 10.0. The summed E-state index contributed by atoms with van der Waals surface area (Å²) in [6.45, 7) is 10.5. The van der Waals surface area contributed by atoms with E-state index in [1.807, 2.05) is 89.2 Å². The van der Waals surface area contributed by atoms with Crippen LogP contribution in [-0.2, 0) is 9.59 Å². The maximum Gasteiger partial charge on any atom is 0.282 e. The Balaban J connectivity index is 1.81. The lowest BCUT2D eigenvalue weighted by Crippen LogP contribution is -2.32. The predicted molar refractivity (Wildman–Crippen MR) is 132 cm³/mol. The quantitative estimate of drug-likeness (QED) is 0.499. The van der Waals surface area contributed by atoms with Crippen molar-refractivity contribution >= 4 is 28.8 Å². The van der Waals surface area contributed by atoms with Gasteiger partial charge in [0.2, 0.25) is 0 Å². The van der Waals surface area contributed by atoms with Crippen molar-refractivity contribution in [1.82, 2.24) is 0 Å². The number of anilines is 2. The highest BCUT2D eigenvalue weighted by atomic mass is 16.5. The predicted octanol–water partition coefficient (Wildman–Crippen LogP) is 5.72. The molecule has 4 rings (SSSR count). The average molecular weight is 441 g/mol. The summed E-state index contributed by atoms with van der Waals surface area (Å²) in [5.74, 6) is -0.000888. The van der Waals surface area contributed by atoms with Gasteiger partial charge in [0, 0.05) is 5.69 Å². The van der Waals surface area contributed by atoms with E-state index >= 15 is 0 Å². The Morgan fingerprint density at radius 3 is 2.06 bits per heavy atom. The molecule has 0 bridgehead atoms. The summed E-state index contributed by atoms with van der Waals surface area (Å²) >= 11 is 0. The second-order valence-corrected chi connectivity index (χ2v) is 8.42. The topological polar surface area (TPSA) is 58.6 Å². The van der Waals surface area contributed by atoms with Gasteiger partial charge >= 0.3 is 0 Å². The highest BCUT2D eigenvalue weighted by Crippen LogP contribution is 2.35. The first kappa shape index (κ1) is 22.3. The number of carbonyl (C=O) groups is 2. The molecule has 0 atom stereocenters. The smallest absolute Gasteiger partial charge is 0.282 e. The van der Waals surface area contributed by atoms with Gasteiger partial charge in [-0.1, -0.05) is 24.3 Å². The molecule has 0 fully saturated rings. The Labute approximate surface area is 194 Å². The summed E-state index contributed by atoms with van der Waals surface area (Å²) in [6, 6.07) is 18.9. The maximum absolute atomic E-state index is 13.6. The molecule has 3 aromatic rings. The monoisotopic (exact) mass is 440 g/mol. The number of imide groups is 1. The third-order valence-electron chi connectivity index (χ3n) is 5.78. The zero-order chi connectivity index (χ0) is 23.7. The molecule has 0 aliphatic carbocycles. The lowest BCUT2D eigenvalue weighted by molar-refractivity contribution is -0.120. The molecule has 1 aliphatic heterocycles. The first-order chi connectivity index (χ1) is 15.8. The first-order valence-electron chi connectivity index (χ1n) is 11.1. The zero-order valence-electron chi connectivity index (χ0n) is 19.7. The number of aryl methyl sites for hydroxylation is 4. The van der Waals surface area contributed by atoms with E-state index < -0.39 is 0 Å². The highest BCUT2D eigenvalue weighted by Gasteiger charge is 2.40. The Morgan fingerprint density at radius 2 is 1.45 bits per heavy atom. The molecule has 0 spiro atoms. The molecule has 0 saturated heterocycles. The molecule has 3 aromatic carbocycles. The van der Waals surface area contributed by atoms with Gasteiger partial charge in [-0.05, 0) is 98.8 Å². The fourth-order valence-corrected chi connectivity index (χ4v) is 4.09. The van der Waals surface area contributed by atoms with E-state index in [1.54, 1.807) is 0 Å². The minimum absolute atomic E-state index is 0.271. The van der Waals surface area contributed by atoms with Crippen LogP contribution in [0.4, 0.5) is 11.4 Å². The third-order valence-corrected chi connectivity index (χ3v) is 5.78. The van der Waals surface area contributed by atoms with Crippen molar-refractivity contribution in [2.75, 3.05) is 16.8 Å². The Morgan fingerprint density at radius 1 is 0.788 bits per heavy atom. The summed E-state index contributed by atoms with van der Waals surface area (Å²) in [5.41, 5.74) is 6.88. The molecule has 2 amide bonds. The molecular weight excluding hydrogens is 412 g/mol. The molecule has 0 saturated carbocycles. The van der Waals surface area contributed by atoms with Crippen molar-refractivity contribution in [3.8, 4) is 5.75 Å². The number of rotatable bonds is 6. The van der Waals surface area contributed by atoms with Crippen LogP contribution in [0.15, 0.2) is 66.4 Å². The number of nitrogens with one attached hydrogen (secondary N) is 1. The number of benzene rings is 3. The average Bonchev–Trinajstić information content (AvgIpc) is 3.00. The molecule has 0 radical (unpaired) electrons. The minimum atomic E-state index is -0.369. The fraction of sp³-hybridized carbons (Fsp3) is 0.214. The van der Waals surface area contributed by atoms with Gasteiger partial charge in [-0.25, -0.2) is 4.90 Å². The van der Waals surface area contributed by atoms with E-state index in [9.17, 15) is 9.59 Å². The van der Waals surface area contributed by atoms with Gasteiger partial charge in [0.25, 0.3) is 11.8 Å². The molecule has 168 valence electrons. The van der Waals surface area contributed by atoms with Crippen LogP contribution < -0.4 is 15.0 Å². The molecule has 5 nitrogen and oxygen atoms in total. The summed E-state index contributed by atoms with van der Waals surface area (Å²) < 4.78 is 5.54. The molecule has 1 aliphatic rings. The van der Waals surface area contributed by atoms with E-state index in [2.05, 4.69) is 11.4 Å². The van der Waals surface area contributed by atoms with Gasteiger partial charge in [-0.3, -0.25) is 9.59 Å². The fourth-order valence-electron chi connectivity index (χ4n) is 4.09. The number of nitrogens with zero attached hydrogens (tertiary/aromatic N) is 1. The number of ether oxygens (including phenoxy) is 1. The summed E-state index contributed by atoms with van der Waals surface area (Å²) in [7, 11) is 0. The zero-order valence-corrected chi connectivity index (χ0v) is 19.7. The SMILES string of the molecule is CCOc1ccc(C2=C(Nc3cc(C)cc(C)c3)C(=O)N(c3ccc(C)c(C)c3)C2=O)cc1. The van der Waals surface area contributed by atoms with Crippen molar-refractivity contribution in [2.45, 2.75) is 34.6 Å². The molecule has 1 N–H and O–H groups in total. The van der Waals surface area contributed by atoms with Crippen molar-refractivity contribution in [1.29, 1.82) is 0 Å². The van der Waals surface area contributed by atoms with E-state index in [0.717, 1.165) is 27.9 Å². The van der Waals surface area contributed by atoms with E-state index in [4.69, 9.17) is 4.74 Å². The largest absolute Gasteiger partial charge is 0.494 e. The van der Waals surface area contributed by atoms with Crippen LogP contribution in [0, 0.1) is 27.7 Å². The molecule has 0 unspecified atom stereocenters. The van der Waals surface area contributed by atoms with Crippen molar-refractivity contribution < 1.29 is 14.3 Å². The van der Waals surface area contributed by atoms with Crippen LogP contribution in [-0.4, -0.2) is 18.4 Å². The van der Waals surface area contributed by atoms with Gasteiger partial charge in [0.15, 0.2) is 0 Å². The first-order valence-corrected chi connectivity index (χ1v) is 11.1. The molecule has 5 heteroatoms. The van der Waals surface area contributed by atoms with E-state index in [-0.39, 0.29) is 17.5 Å². The summed E-state index contributed by atoms with van der Waals surface area (Å²) in [4.78, 5) is 28.5. The van der Waals surface area contributed by atoms with Gasteiger partial charge < -0.3 is 10.1 Å². The molecule has 0 aromatic heterocycles. The number of hydrogen-bond acceptors (Lipinski definition) is 4. The van der Waals surface area contributed by atoms with Crippen LogP contribution in [0.2, 0.25) is 0 Å². The number of amides is 2. The number of hydrogen-bond donors (Lipinski definition) is 1. The van der Waals surface area contributed by atoms with E-state index in [0.29, 0.717) is 29.2 Å². The Hall–Kier alpha value is -3.86. The maximum atomic E-state index is 13.6. The van der Waals surface area contributed by atoms with Crippen LogP contribution in [0.25, 0.3) is 5.57 Å². The van der Waals surface area contributed by atoms with Crippen LogP contribution >= 0.6 is 0 Å². The van der Waals surface area contributed by atoms with Gasteiger partial charge in [-0.15, -0.1) is 0 Å². The van der Waals surface area contributed by atoms with Gasteiger partial charge in [0.05, 0.1) is 17.9 Å². The van der Waals surface area contributed by atoms with Crippen molar-refractivity contribution in [3.63, 3.8) is 0 Å². The van der Waals surface area contributed by atoms with E-state index in [1.165, 1.54) is 4.90 Å². The van der Waals surface area contributed by atoms with Gasteiger partial charge in [0.1, 0.15) is 11.4 Å². The summed E-state index contributed by atoms with van der Waals surface area (Å²) in [5, 5.41) is 3.25. The molecule has 1 heterocycles. The minimum Gasteiger partial charge on any atom is -0.494 e. The highest BCUT2D eigenvalue weighted by molar-refractivity contribution is 6.46. The Kier molecular flexibility index (Phi) is 6.05. The van der Waals surface area contributed by atoms with Crippen LogP contribution in [0.1, 0.15) is 34.7 Å². The second-order valence-electron chi connectivity index (χ2n) is 8.42. The second kappa shape index (κ2) is 8.94. The summed E-state index contributed by atoms with van der Waals surface area (Å²) in [6.07, 6.45) is 0. The normalized spacial score (nSPS) is 13.7. The lowest BCUT2D eigenvalue weighted by Gasteiger charge is -2.17. The van der Waals surface area contributed by atoms with Crippen molar-refractivity contribution in [2.24, 2.45) is 0 Å². The molecular formula is C28H28N2O3. The molecule has 33 heavy (non-hydrogen) atoms. The van der Waals surface area contributed by atoms with Gasteiger partial charge in [-0.2, -0.15) is 0 Å². The standard InChI is InChI=1S/C28H28N2O3/c1-6-33-24-11-8-21(9-12-24)25-26(29-22-14-17(2)13-18(3)15-22)28(32)30(27(25)31)23-10-7-19(4)20(5)16-23/h7-16,29H,6H2,1-5H3. The third kappa shape index (κ3) is 4.40.